The molecule has 3 rings (SSSR count). The number of hydrogen-bond acceptors (Lipinski definition) is 4. The third-order valence-corrected chi connectivity index (χ3v) is 5.47. The highest BCUT2D eigenvalue weighted by atomic mass is 32.2. The van der Waals surface area contributed by atoms with Gasteiger partial charge in [-0.05, 0) is 42.5 Å². The number of aryl methyl sites for hydroxylation is 1. The number of anilines is 1. The molecule has 0 amide bonds. The molecule has 1 fully saturated rings. The summed E-state index contributed by atoms with van der Waals surface area (Å²) in [5.41, 5.74) is 2.68. The molecule has 100 valence electrons. The number of thiophene rings is 1. The van der Waals surface area contributed by atoms with E-state index in [1.54, 1.807) is 0 Å². The molecular weight excluding hydrogens is 272 g/mol. The fourth-order valence-electron chi connectivity index (χ4n) is 2.24. The van der Waals surface area contributed by atoms with Gasteiger partial charge in [0, 0.05) is 31.9 Å². The predicted molar refractivity (Wildman–Crippen MR) is 85.1 cm³/mol. The number of rotatable bonds is 3. The summed E-state index contributed by atoms with van der Waals surface area (Å²) in [6.45, 7) is 6.61. The average Bonchev–Trinajstić information content (AvgIpc) is 2.94. The molecule has 2 heterocycles. The molecule has 0 bridgehead atoms. The molecule has 2 nitrogen and oxygen atoms in total. The summed E-state index contributed by atoms with van der Waals surface area (Å²) in [4.78, 5) is 2.48. The standard InChI is InChI=1S/C15H18N2S2/c1-13-4-6-14(7-5-13)16-8-10-17(11-9-16)19-15-3-2-12-18-15/h2-7,12H,8-11H2,1H3. The van der Waals surface area contributed by atoms with Gasteiger partial charge in [0.15, 0.2) is 0 Å². The van der Waals surface area contributed by atoms with E-state index in [1.807, 2.05) is 23.3 Å². The van der Waals surface area contributed by atoms with E-state index in [4.69, 9.17) is 0 Å². The summed E-state index contributed by atoms with van der Waals surface area (Å²) < 4.78 is 3.86. The second-order valence-electron chi connectivity index (χ2n) is 4.77. The van der Waals surface area contributed by atoms with Crippen molar-refractivity contribution in [3.05, 3.63) is 47.3 Å². The number of nitrogens with zero attached hydrogens (tertiary/aromatic N) is 2. The second-order valence-corrected chi connectivity index (χ2v) is 7.12. The molecular formula is C15H18N2S2. The van der Waals surface area contributed by atoms with E-state index in [1.165, 1.54) is 15.5 Å². The lowest BCUT2D eigenvalue weighted by Crippen LogP contribution is -2.43. The van der Waals surface area contributed by atoms with Crippen LogP contribution in [-0.4, -0.2) is 30.5 Å². The predicted octanol–water partition coefficient (Wildman–Crippen LogP) is 3.89. The molecule has 0 N–H and O–H groups in total. The Labute approximate surface area is 123 Å². The smallest absolute Gasteiger partial charge is 0.0753 e. The maximum absolute atomic E-state index is 2.48. The van der Waals surface area contributed by atoms with Crippen molar-refractivity contribution in [2.75, 3.05) is 31.1 Å². The second kappa shape index (κ2) is 5.99. The molecule has 0 unspecified atom stereocenters. The van der Waals surface area contributed by atoms with E-state index in [9.17, 15) is 0 Å². The third-order valence-electron chi connectivity index (χ3n) is 3.35. The van der Waals surface area contributed by atoms with E-state index in [-0.39, 0.29) is 0 Å². The number of piperazine rings is 1. The molecule has 1 aliphatic rings. The maximum atomic E-state index is 2.48. The molecule has 0 spiro atoms. The molecule has 0 saturated carbocycles. The van der Waals surface area contributed by atoms with Gasteiger partial charge in [0.25, 0.3) is 0 Å². The fraction of sp³-hybridized carbons (Fsp3) is 0.333. The van der Waals surface area contributed by atoms with Crippen molar-refractivity contribution in [1.29, 1.82) is 0 Å². The van der Waals surface area contributed by atoms with Crippen molar-refractivity contribution in [2.45, 2.75) is 11.1 Å². The van der Waals surface area contributed by atoms with Crippen molar-refractivity contribution in [3.63, 3.8) is 0 Å². The molecule has 1 aromatic carbocycles. The van der Waals surface area contributed by atoms with E-state index in [0.29, 0.717) is 0 Å². The van der Waals surface area contributed by atoms with Crippen LogP contribution in [0.5, 0.6) is 0 Å². The highest BCUT2D eigenvalue weighted by Crippen LogP contribution is 2.28. The summed E-state index contributed by atoms with van der Waals surface area (Å²) in [5, 5.41) is 2.14. The van der Waals surface area contributed by atoms with Gasteiger partial charge in [0.2, 0.25) is 0 Å². The molecule has 1 aromatic heterocycles. The first kappa shape index (κ1) is 13.0. The summed E-state index contributed by atoms with van der Waals surface area (Å²) in [7, 11) is 0. The van der Waals surface area contributed by atoms with Crippen LogP contribution in [0.3, 0.4) is 0 Å². The lowest BCUT2D eigenvalue weighted by Gasteiger charge is -2.35. The number of hydrogen-bond donors (Lipinski definition) is 0. The van der Waals surface area contributed by atoms with Crippen LogP contribution < -0.4 is 4.90 Å². The van der Waals surface area contributed by atoms with Crippen LogP contribution in [0.1, 0.15) is 5.56 Å². The zero-order valence-corrected chi connectivity index (χ0v) is 12.7. The zero-order chi connectivity index (χ0) is 13.1. The molecule has 1 aliphatic heterocycles. The van der Waals surface area contributed by atoms with Crippen molar-refractivity contribution >= 4 is 29.0 Å². The van der Waals surface area contributed by atoms with Gasteiger partial charge in [-0.2, -0.15) is 0 Å². The highest BCUT2D eigenvalue weighted by Gasteiger charge is 2.18. The van der Waals surface area contributed by atoms with Crippen LogP contribution in [0.2, 0.25) is 0 Å². The third kappa shape index (κ3) is 3.32. The van der Waals surface area contributed by atoms with Gasteiger partial charge in [-0.25, -0.2) is 4.31 Å². The Kier molecular flexibility index (Phi) is 4.11. The van der Waals surface area contributed by atoms with Crippen LogP contribution in [0.15, 0.2) is 46.0 Å². The van der Waals surface area contributed by atoms with Crippen molar-refractivity contribution < 1.29 is 0 Å². The van der Waals surface area contributed by atoms with Crippen LogP contribution >= 0.6 is 23.3 Å². The summed E-state index contributed by atoms with van der Waals surface area (Å²) >= 11 is 3.72. The first-order valence-electron chi connectivity index (χ1n) is 6.59. The molecule has 19 heavy (non-hydrogen) atoms. The Morgan fingerprint density at radius 2 is 1.74 bits per heavy atom. The Morgan fingerprint density at radius 3 is 2.37 bits per heavy atom. The SMILES string of the molecule is Cc1ccc(N2CCN(Sc3cccs3)CC2)cc1. The van der Waals surface area contributed by atoms with Crippen molar-refractivity contribution in [2.24, 2.45) is 0 Å². The molecule has 1 saturated heterocycles. The fourth-order valence-corrected chi connectivity index (χ4v) is 4.08. The van der Waals surface area contributed by atoms with Gasteiger partial charge in [-0.1, -0.05) is 23.8 Å². The lowest BCUT2D eigenvalue weighted by molar-refractivity contribution is 0.430. The minimum atomic E-state index is 1.11. The summed E-state index contributed by atoms with van der Waals surface area (Å²) in [5.74, 6) is 0. The Balaban J connectivity index is 1.56. The first-order chi connectivity index (χ1) is 9.31. The Bertz CT molecular complexity index is 499. The summed E-state index contributed by atoms with van der Waals surface area (Å²) in [6, 6.07) is 13.2. The molecule has 0 atom stereocenters. The van der Waals surface area contributed by atoms with Gasteiger partial charge in [0.05, 0.1) is 4.21 Å². The van der Waals surface area contributed by atoms with Crippen LogP contribution in [0.4, 0.5) is 5.69 Å². The molecule has 0 radical (unpaired) electrons. The van der Waals surface area contributed by atoms with Gasteiger partial charge >= 0.3 is 0 Å². The summed E-state index contributed by atoms with van der Waals surface area (Å²) in [6.07, 6.45) is 0. The molecule has 2 aromatic rings. The minimum Gasteiger partial charge on any atom is -0.369 e. The van der Waals surface area contributed by atoms with Crippen LogP contribution in [-0.2, 0) is 0 Å². The van der Waals surface area contributed by atoms with Gasteiger partial charge in [-0.15, -0.1) is 11.3 Å². The largest absolute Gasteiger partial charge is 0.369 e. The van der Waals surface area contributed by atoms with Crippen LogP contribution in [0.25, 0.3) is 0 Å². The van der Waals surface area contributed by atoms with E-state index in [0.717, 1.165) is 26.2 Å². The van der Waals surface area contributed by atoms with Gasteiger partial charge in [0.1, 0.15) is 0 Å². The minimum absolute atomic E-state index is 1.11. The lowest BCUT2D eigenvalue weighted by atomic mass is 10.2. The van der Waals surface area contributed by atoms with Crippen molar-refractivity contribution in [3.8, 4) is 0 Å². The maximum Gasteiger partial charge on any atom is 0.0753 e. The quantitative estimate of drug-likeness (QED) is 0.792. The first-order valence-corrected chi connectivity index (χ1v) is 8.24. The topological polar surface area (TPSA) is 6.48 Å². The van der Waals surface area contributed by atoms with E-state index in [2.05, 4.69) is 57.9 Å². The molecule has 4 heteroatoms. The van der Waals surface area contributed by atoms with Gasteiger partial charge in [-0.3, -0.25) is 0 Å². The zero-order valence-electron chi connectivity index (χ0n) is 11.1. The highest BCUT2D eigenvalue weighted by molar-refractivity contribution is 7.98. The van der Waals surface area contributed by atoms with E-state index >= 15 is 0 Å². The van der Waals surface area contributed by atoms with Crippen LogP contribution in [0, 0.1) is 6.92 Å². The van der Waals surface area contributed by atoms with Gasteiger partial charge < -0.3 is 4.90 Å². The number of benzene rings is 1. The van der Waals surface area contributed by atoms with Crippen molar-refractivity contribution in [1.82, 2.24) is 4.31 Å². The average molecular weight is 290 g/mol. The van der Waals surface area contributed by atoms with E-state index < -0.39 is 0 Å². The molecule has 0 aliphatic carbocycles. The Hall–Kier alpha value is -0.970. The monoisotopic (exact) mass is 290 g/mol. The Morgan fingerprint density at radius 1 is 1.00 bits per heavy atom. The normalized spacial score (nSPS) is 16.8.